The molecule has 0 aliphatic carbocycles. The fraction of sp³-hybridized carbons (Fsp3) is 0.389. The SMILES string of the molecule is Cc1nn(C)c(C)c1CCNC(=O)CCn1nnc2ccccc2c1=O. The molecule has 8 nitrogen and oxygen atoms in total. The van der Waals surface area contributed by atoms with E-state index < -0.39 is 0 Å². The first kappa shape index (κ1) is 17.8. The van der Waals surface area contributed by atoms with E-state index in [1.54, 1.807) is 24.3 Å². The van der Waals surface area contributed by atoms with Gasteiger partial charge in [0.15, 0.2) is 0 Å². The van der Waals surface area contributed by atoms with E-state index in [2.05, 4.69) is 20.7 Å². The monoisotopic (exact) mass is 354 g/mol. The number of nitrogens with zero attached hydrogens (tertiary/aromatic N) is 5. The molecule has 8 heteroatoms. The second kappa shape index (κ2) is 7.47. The quantitative estimate of drug-likeness (QED) is 0.709. The molecule has 2 heterocycles. The summed E-state index contributed by atoms with van der Waals surface area (Å²) >= 11 is 0. The van der Waals surface area contributed by atoms with Crippen LogP contribution in [0.3, 0.4) is 0 Å². The summed E-state index contributed by atoms with van der Waals surface area (Å²) in [6.07, 6.45) is 0.908. The summed E-state index contributed by atoms with van der Waals surface area (Å²) in [5, 5.41) is 15.7. The largest absolute Gasteiger partial charge is 0.356 e. The van der Waals surface area contributed by atoms with E-state index >= 15 is 0 Å². The molecule has 0 unspecified atom stereocenters. The maximum Gasteiger partial charge on any atom is 0.277 e. The third-order valence-electron chi connectivity index (χ3n) is 4.54. The number of amides is 1. The van der Waals surface area contributed by atoms with Gasteiger partial charge in [0, 0.05) is 25.7 Å². The molecule has 0 atom stereocenters. The Kier molecular flexibility index (Phi) is 5.11. The Morgan fingerprint density at radius 3 is 2.73 bits per heavy atom. The standard InChI is InChI=1S/C18H22N6O2/c1-12-14(13(2)23(3)21-12)8-10-19-17(25)9-11-24-18(26)15-6-4-5-7-16(15)20-22-24/h4-7H,8-11H2,1-3H3,(H,19,25). The van der Waals surface area contributed by atoms with Crippen molar-refractivity contribution in [1.82, 2.24) is 30.1 Å². The van der Waals surface area contributed by atoms with E-state index in [0.29, 0.717) is 17.4 Å². The zero-order valence-electron chi connectivity index (χ0n) is 15.2. The van der Waals surface area contributed by atoms with Crippen LogP contribution in [-0.2, 0) is 24.8 Å². The summed E-state index contributed by atoms with van der Waals surface area (Å²) in [6, 6.07) is 7.04. The highest BCUT2D eigenvalue weighted by Crippen LogP contribution is 2.11. The number of nitrogens with one attached hydrogen (secondary N) is 1. The maximum absolute atomic E-state index is 12.3. The second-order valence-corrected chi connectivity index (χ2v) is 6.26. The van der Waals surface area contributed by atoms with Crippen molar-refractivity contribution >= 4 is 16.8 Å². The van der Waals surface area contributed by atoms with Crippen LogP contribution in [-0.4, -0.2) is 37.2 Å². The molecule has 3 rings (SSSR count). The highest BCUT2D eigenvalue weighted by molar-refractivity contribution is 5.77. The molecule has 0 aliphatic rings. The molecule has 0 radical (unpaired) electrons. The third-order valence-corrected chi connectivity index (χ3v) is 4.54. The first-order valence-corrected chi connectivity index (χ1v) is 8.55. The molecule has 0 bridgehead atoms. The van der Waals surface area contributed by atoms with Crippen LogP contribution in [0, 0.1) is 13.8 Å². The number of fused-ring (bicyclic) bond motifs is 1. The van der Waals surface area contributed by atoms with E-state index in [1.165, 1.54) is 4.68 Å². The normalized spacial score (nSPS) is 11.0. The molecule has 26 heavy (non-hydrogen) atoms. The molecule has 0 saturated heterocycles. The van der Waals surface area contributed by atoms with Crippen molar-refractivity contribution in [3.05, 3.63) is 51.6 Å². The van der Waals surface area contributed by atoms with Gasteiger partial charge < -0.3 is 5.32 Å². The van der Waals surface area contributed by atoms with Crippen molar-refractivity contribution in [3.8, 4) is 0 Å². The van der Waals surface area contributed by atoms with Gasteiger partial charge in [0.1, 0.15) is 5.52 Å². The minimum Gasteiger partial charge on any atom is -0.356 e. The number of aromatic nitrogens is 5. The van der Waals surface area contributed by atoms with E-state index in [1.807, 2.05) is 25.6 Å². The Bertz CT molecular complexity index is 1000. The van der Waals surface area contributed by atoms with Crippen LogP contribution < -0.4 is 10.9 Å². The van der Waals surface area contributed by atoms with Crippen molar-refractivity contribution < 1.29 is 4.79 Å². The molecule has 0 aliphatic heterocycles. The lowest BCUT2D eigenvalue weighted by Gasteiger charge is -2.07. The van der Waals surface area contributed by atoms with Gasteiger partial charge in [-0.3, -0.25) is 14.3 Å². The Labute approximate surface area is 150 Å². The zero-order chi connectivity index (χ0) is 18.7. The van der Waals surface area contributed by atoms with Gasteiger partial charge in [-0.25, -0.2) is 4.68 Å². The summed E-state index contributed by atoms with van der Waals surface area (Å²) in [5.41, 5.74) is 3.57. The predicted molar refractivity (Wildman–Crippen MR) is 97.8 cm³/mol. The molecule has 0 fully saturated rings. The summed E-state index contributed by atoms with van der Waals surface area (Å²) in [6.45, 7) is 4.72. The molecule has 3 aromatic rings. The minimum absolute atomic E-state index is 0.119. The first-order valence-electron chi connectivity index (χ1n) is 8.55. The fourth-order valence-electron chi connectivity index (χ4n) is 2.97. The van der Waals surface area contributed by atoms with Crippen molar-refractivity contribution in [2.45, 2.75) is 33.2 Å². The lowest BCUT2D eigenvalue weighted by atomic mass is 10.1. The molecule has 1 aromatic carbocycles. The Morgan fingerprint density at radius 1 is 1.23 bits per heavy atom. The number of aryl methyl sites for hydroxylation is 3. The second-order valence-electron chi connectivity index (χ2n) is 6.26. The Hall–Kier alpha value is -3.03. The molecule has 1 amide bonds. The Morgan fingerprint density at radius 2 is 2.00 bits per heavy atom. The van der Waals surface area contributed by atoms with Gasteiger partial charge in [0.25, 0.3) is 5.56 Å². The summed E-state index contributed by atoms with van der Waals surface area (Å²) in [5.74, 6) is -0.119. The topological polar surface area (TPSA) is 94.7 Å². The van der Waals surface area contributed by atoms with Crippen LogP contribution in [0.2, 0.25) is 0 Å². The molecule has 0 saturated carbocycles. The molecule has 2 aromatic heterocycles. The number of hydrogen-bond acceptors (Lipinski definition) is 5. The van der Waals surface area contributed by atoms with Crippen molar-refractivity contribution in [3.63, 3.8) is 0 Å². The number of benzene rings is 1. The van der Waals surface area contributed by atoms with Gasteiger partial charge in [-0.05, 0) is 38.0 Å². The van der Waals surface area contributed by atoms with Crippen LogP contribution in [0.5, 0.6) is 0 Å². The van der Waals surface area contributed by atoms with Crippen molar-refractivity contribution in [2.75, 3.05) is 6.54 Å². The molecular formula is C18H22N6O2. The lowest BCUT2D eigenvalue weighted by molar-refractivity contribution is -0.121. The maximum atomic E-state index is 12.3. The van der Waals surface area contributed by atoms with Crippen LogP contribution in [0.4, 0.5) is 0 Å². The molecule has 1 N–H and O–H groups in total. The first-order chi connectivity index (χ1) is 12.5. The fourth-order valence-corrected chi connectivity index (χ4v) is 2.97. The van der Waals surface area contributed by atoms with Gasteiger partial charge in [-0.2, -0.15) is 5.10 Å². The Balaban J connectivity index is 1.54. The minimum atomic E-state index is -0.231. The molecular weight excluding hydrogens is 332 g/mol. The van der Waals surface area contributed by atoms with Gasteiger partial charge in [-0.15, -0.1) is 5.10 Å². The van der Waals surface area contributed by atoms with E-state index in [9.17, 15) is 9.59 Å². The predicted octanol–water partition coefficient (Wildman–Crippen LogP) is 0.891. The average Bonchev–Trinajstić information content (AvgIpc) is 2.87. The highest BCUT2D eigenvalue weighted by Gasteiger charge is 2.10. The highest BCUT2D eigenvalue weighted by atomic mass is 16.2. The van der Waals surface area contributed by atoms with Crippen LogP contribution in [0.1, 0.15) is 23.4 Å². The summed E-state index contributed by atoms with van der Waals surface area (Å²) in [7, 11) is 1.91. The third kappa shape index (κ3) is 3.63. The van der Waals surface area contributed by atoms with Crippen LogP contribution >= 0.6 is 0 Å². The van der Waals surface area contributed by atoms with Gasteiger partial charge in [0.05, 0.1) is 17.6 Å². The smallest absolute Gasteiger partial charge is 0.277 e. The molecule has 0 spiro atoms. The average molecular weight is 354 g/mol. The van der Waals surface area contributed by atoms with Crippen molar-refractivity contribution in [1.29, 1.82) is 0 Å². The summed E-state index contributed by atoms with van der Waals surface area (Å²) < 4.78 is 3.08. The number of carbonyl (C=O) groups excluding carboxylic acids is 1. The van der Waals surface area contributed by atoms with Gasteiger partial charge in [0.2, 0.25) is 5.91 Å². The number of hydrogen-bond donors (Lipinski definition) is 1. The van der Waals surface area contributed by atoms with E-state index in [-0.39, 0.29) is 24.4 Å². The van der Waals surface area contributed by atoms with E-state index in [4.69, 9.17) is 0 Å². The van der Waals surface area contributed by atoms with Gasteiger partial charge >= 0.3 is 0 Å². The van der Waals surface area contributed by atoms with Crippen LogP contribution in [0.15, 0.2) is 29.1 Å². The number of rotatable bonds is 6. The van der Waals surface area contributed by atoms with Crippen LogP contribution in [0.25, 0.3) is 10.9 Å². The molecule has 136 valence electrons. The van der Waals surface area contributed by atoms with Gasteiger partial charge in [-0.1, -0.05) is 17.3 Å². The van der Waals surface area contributed by atoms with Crippen molar-refractivity contribution in [2.24, 2.45) is 7.05 Å². The number of carbonyl (C=O) groups is 1. The lowest BCUT2D eigenvalue weighted by Crippen LogP contribution is -2.30. The summed E-state index contributed by atoms with van der Waals surface area (Å²) in [4.78, 5) is 24.4. The zero-order valence-corrected chi connectivity index (χ0v) is 15.2. The van der Waals surface area contributed by atoms with E-state index in [0.717, 1.165) is 23.4 Å².